The van der Waals surface area contributed by atoms with Gasteiger partial charge >= 0.3 is 5.97 Å². The molecule has 0 radical (unpaired) electrons. The zero-order chi connectivity index (χ0) is 28.9. The highest BCUT2D eigenvalue weighted by molar-refractivity contribution is 7.07. The molecule has 5 rings (SSSR count). The number of nitrogens with zero attached hydrogens (tertiary/aromatic N) is 2. The Kier molecular flexibility index (Phi) is 8.45. The number of halogens is 1. The van der Waals surface area contributed by atoms with Crippen LogP contribution in [-0.4, -0.2) is 23.8 Å². The van der Waals surface area contributed by atoms with Gasteiger partial charge in [0.2, 0.25) is 0 Å². The van der Waals surface area contributed by atoms with E-state index in [2.05, 4.69) is 4.99 Å². The molecule has 7 nitrogen and oxygen atoms in total. The molecule has 0 aliphatic carbocycles. The first-order valence-corrected chi connectivity index (χ1v) is 14.1. The number of fused-ring (bicyclic) bond motifs is 1. The summed E-state index contributed by atoms with van der Waals surface area (Å²) in [5.74, 6) is 0.506. The Balaban J connectivity index is 1.53. The standard InChI is InChI=1S/C32H29FN2O5S/c1-4-38-25-15-11-23(12-16-25)29-28(31(37)39-5-2)20(3)34-32-35(29)30(36)27(41-32)18-22-7-6-8-26(17-22)40-19-21-9-13-24(33)14-10-21/h6-18,29H,4-5,19H2,1-3H3/b27-18-. The van der Waals surface area contributed by atoms with Crippen molar-refractivity contribution in [3.63, 3.8) is 0 Å². The van der Waals surface area contributed by atoms with Gasteiger partial charge in [0.15, 0.2) is 4.80 Å². The van der Waals surface area contributed by atoms with E-state index in [1.165, 1.54) is 23.5 Å². The number of ether oxygens (including phenoxy) is 3. The van der Waals surface area contributed by atoms with Gasteiger partial charge in [0.05, 0.1) is 35.1 Å². The molecule has 0 fully saturated rings. The van der Waals surface area contributed by atoms with Crippen molar-refractivity contribution < 1.29 is 23.4 Å². The van der Waals surface area contributed by atoms with E-state index in [4.69, 9.17) is 14.2 Å². The van der Waals surface area contributed by atoms with E-state index in [1.54, 1.807) is 36.6 Å². The molecule has 1 atom stereocenters. The lowest BCUT2D eigenvalue weighted by atomic mass is 9.96. The smallest absolute Gasteiger partial charge is 0.338 e. The van der Waals surface area contributed by atoms with Gasteiger partial charge in [-0.3, -0.25) is 9.36 Å². The number of esters is 1. The van der Waals surface area contributed by atoms with E-state index in [1.807, 2.05) is 55.5 Å². The third kappa shape index (κ3) is 6.15. The predicted octanol–water partition coefficient (Wildman–Crippen LogP) is 4.92. The Bertz CT molecular complexity index is 1770. The number of rotatable bonds is 9. The largest absolute Gasteiger partial charge is 0.494 e. The lowest BCUT2D eigenvalue weighted by Gasteiger charge is -2.24. The zero-order valence-corrected chi connectivity index (χ0v) is 23.7. The van der Waals surface area contributed by atoms with Crippen LogP contribution in [-0.2, 0) is 16.1 Å². The van der Waals surface area contributed by atoms with E-state index in [-0.39, 0.29) is 24.6 Å². The summed E-state index contributed by atoms with van der Waals surface area (Å²) in [6, 6.07) is 20.2. The third-order valence-electron chi connectivity index (χ3n) is 6.50. The average molecular weight is 573 g/mol. The maximum absolute atomic E-state index is 13.8. The van der Waals surface area contributed by atoms with Crippen molar-refractivity contribution in [2.45, 2.75) is 33.4 Å². The fourth-order valence-electron chi connectivity index (χ4n) is 4.61. The molecular weight excluding hydrogens is 543 g/mol. The first kappa shape index (κ1) is 28.0. The van der Waals surface area contributed by atoms with Crippen LogP contribution in [0.3, 0.4) is 0 Å². The quantitative estimate of drug-likeness (QED) is 0.266. The minimum absolute atomic E-state index is 0.204. The number of carbonyl (C=O) groups is 1. The van der Waals surface area contributed by atoms with Crippen LogP contribution in [0.5, 0.6) is 11.5 Å². The number of hydrogen-bond donors (Lipinski definition) is 0. The summed E-state index contributed by atoms with van der Waals surface area (Å²) >= 11 is 1.26. The van der Waals surface area contributed by atoms with Gasteiger partial charge in [-0.15, -0.1) is 0 Å². The molecule has 0 saturated carbocycles. The molecule has 0 amide bonds. The average Bonchev–Trinajstić information content (AvgIpc) is 3.27. The maximum atomic E-state index is 13.8. The number of allylic oxidation sites excluding steroid dienone is 1. The van der Waals surface area contributed by atoms with Crippen LogP contribution in [0.2, 0.25) is 0 Å². The normalized spacial score (nSPS) is 14.8. The lowest BCUT2D eigenvalue weighted by molar-refractivity contribution is -0.139. The summed E-state index contributed by atoms with van der Waals surface area (Å²) in [6.45, 7) is 6.42. The topological polar surface area (TPSA) is 79.1 Å². The molecule has 0 spiro atoms. The number of hydrogen-bond acceptors (Lipinski definition) is 7. The number of carbonyl (C=O) groups excluding carboxylic acids is 1. The molecule has 41 heavy (non-hydrogen) atoms. The molecule has 4 aromatic rings. The Hall–Kier alpha value is -4.50. The first-order chi connectivity index (χ1) is 19.9. The minimum atomic E-state index is -0.700. The predicted molar refractivity (Wildman–Crippen MR) is 155 cm³/mol. The molecule has 0 N–H and O–H groups in total. The highest BCUT2D eigenvalue weighted by Crippen LogP contribution is 2.31. The van der Waals surface area contributed by atoms with Crippen LogP contribution >= 0.6 is 11.3 Å². The summed E-state index contributed by atoms with van der Waals surface area (Å²) in [4.78, 5) is 32.1. The van der Waals surface area contributed by atoms with E-state index in [0.717, 1.165) is 16.7 Å². The Labute approximate surface area is 240 Å². The Morgan fingerprint density at radius 3 is 2.46 bits per heavy atom. The van der Waals surface area contributed by atoms with Crippen LogP contribution in [0.1, 0.15) is 43.5 Å². The van der Waals surface area contributed by atoms with Gasteiger partial charge < -0.3 is 14.2 Å². The minimum Gasteiger partial charge on any atom is -0.494 e. The van der Waals surface area contributed by atoms with Gasteiger partial charge in [0.25, 0.3) is 5.56 Å². The highest BCUT2D eigenvalue weighted by Gasteiger charge is 2.33. The summed E-state index contributed by atoms with van der Waals surface area (Å²) < 4.78 is 32.1. The van der Waals surface area contributed by atoms with Crippen molar-refractivity contribution in [2.24, 2.45) is 4.99 Å². The summed E-state index contributed by atoms with van der Waals surface area (Å²) in [5.41, 5.74) is 2.92. The highest BCUT2D eigenvalue weighted by atomic mass is 32.1. The monoisotopic (exact) mass is 572 g/mol. The summed E-state index contributed by atoms with van der Waals surface area (Å²) in [6.07, 6.45) is 1.78. The van der Waals surface area contributed by atoms with Crippen LogP contribution < -0.4 is 24.4 Å². The molecule has 1 aromatic heterocycles. The van der Waals surface area contributed by atoms with Gasteiger partial charge in [0, 0.05) is 0 Å². The molecule has 210 valence electrons. The van der Waals surface area contributed by atoms with E-state index in [9.17, 15) is 14.0 Å². The second kappa shape index (κ2) is 12.3. The van der Waals surface area contributed by atoms with Crippen molar-refractivity contribution in [3.8, 4) is 11.5 Å². The Morgan fingerprint density at radius 1 is 1.00 bits per heavy atom. The molecular formula is C32H29FN2O5S. The molecule has 2 heterocycles. The molecule has 1 unspecified atom stereocenters. The van der Waals surface area contributed by atoms with E-state index in [0.29, 0.717) is 38.7 Å². The summed E-state index contributed by atoms with van der Waals surface area (Å²) in [7, 11) is 0. The number of aromatic nitrogens is 1. The van der Waals surface area contributed by atoms with Gasteiger partial charge in [0.1, 0.15) is 23.9 Å². The number of thiazole rings is 1. The molecule has 0 bridgehead atoms. The SMILES string of the molecule is CCOC(=O)C1=C(C)N=c2s/c(=C\c3cccc(OCc4ccc(F)cc4)c3)c(=O)n2C1c1ccc(OCC)cc1. The van der Waals surface area contributed by atoms with Crippen LogP contribution in [0, 0.1) is 5.82 Å². The van der Waals surface area contributed by atoms with Crippen molar-refractivity contribution in [2.75, 3.05) is 13.2 Å². The van der Waals surface area contributed by atoms with Gasteiger partial charge in [-0.05, 0) is 79.9 Å². The van der Waals surface area contributed by atoms with Gasteiger partial charge in [-0.25, -0.2) is 14.2 Å². The molecule has 3 aromatic carbocycles. The third-order valence-corrected chi connectivity index (χ3v) is 7.48. The Morgan fingerprint density at radius 2 is 1.76 bits per heavy atom. The van der Waals surface area contributed by atoms with Crippen LogP contribution in [0.4, 0.5) is 4.39 Å². The van der Waals surface area contributed by atoms with Crippen molar-refractivity contribution in [1.82, 2.24) is 4.57 Å². The second-order valence-electron chi connectivity index (χ2n) is 9.29. The molecule has 1 aliphatic heterocycles. The molecule has 1 aliphatic rings. The first-order valence-electron chi connectivity index (χ1n) is 13.3. The number of benzene rings is 3. The van der Waals surface area contributed by atoms with Gasteiger partial charge in [-0.1, -0.05) is 47.7 Å². The molecule has 0 saturated heterocycles. The van der Waals surface area contributed by atoms with Crippen LogP contribution in [0.15, 0.2) is 93.9 Å². The second-order valence-corrected chi connectivity index (χ2v) is 10.3. The van der Waals surface area contributed by atoms with Crippen molar-refractivity contribution in [1.29, 1.82) is 0 Å². The maximum Gasteiger partial charge on any atom is 0.338 e. The van der Waals surface area contributed by atoms with E-state index < -0.39 is 12.0 Å². The molecule has 9 heteroatoms. The zero-order valence-electron chi connectivity index (χ0n) is 22.9. The van der Waals surface area contributed by atoms with Gasteiger partial charge in [-0.2, -0.15) is 0 Å². The van der Waals surface area contributed by atoms with Crippen LogP contribution in [0.25, 0.3) is 6.08 Å². The summed E-state index contributed by atoms with van der Waals surface area (Å²) in [5, 5.41) is 0. The lowest BCUT2D eigenvalue weighted by Crippen LogP contribution is -2.39. The van der Waals surface area contributed by atoms with E-state index >= 15 is 0 Å². The fourth-order valence-corrected chi connectivity index (χ4v) is 5.66. The fraction of sp³-hybridized carbons (Fsp3) is 0.219. The van der Waals surface area contributed by atoms with Crippen molar-refractivity contribution >= 4 is 23.4 Å². The van der Waals surface area contributed by atoms with Crippen molar-refractivity contribution in [3.05, 3.63) is 126 Å².